The third kappa shape index (κ3) is 7.38. The van der Waals surface area contributed by atoms with Crippen LogP contribution in [-0.2, 0) is 11.0 Å². The number of rotatable bonds is 7. The number of nitrogens with one attached hydrogen (secondary N) is 2. The number of hydrogen-bond donors (Lipinski definition) is 2. The minimum absolute atomic E-state index is 0.0137. The number of piperidine rings is 1. The number of alkyl halides is 3. The SMILES string of the molecule is CN1CCC(N(C)C(=O)c2ccc(Nc3ncc(C(F)(F)F)c(N[C@@H]4CCC[C@@H]4C(=O)N4CCN(C)CC4)n3)cc2)CC1. The number of nitrogens with zero attached hydrogens (tertiary/aromatic N) is 6. The van der Waals surface area contributed by atoms with Gasteiger partial charge in [-0.1, -0.05) is 6.42 Å². The molecule has 1 aromatic carbocycles. The predicted molar refractivity (Wildman–Crippen MR) is 158 cm³/mol. The van der Waals surface area contributed by atoms with E-state index in [4.69, 9.17) is 0 Å². The summed E-state index contributed by atoms with van der Waals surface area (Å²) >= 11 is 0. The highest BCUT2D eigenvalue weighted by Crippen LogP contribution is 2.37. The van der Waals surface area contributed by atoms with Crippen LogP contribution >= 0.6 is 0 Å². The van der Waals surface area contributed by atoms with Gasteiger partial charge in [-0.15, -0.1) is 0 Å². The lowest BCUT2D eigenvalue weighted by Gasteiger charge is -2.35. The molecule has 0 spiro atoms. The molecule has 43 heavy (non-hydrogen) atoms. The monoisotopic (exact) mass is 602 g/mol. The Morgan fingerprint density at radius 1 is 0.930 bits per heavy atom. The summed E-state index contributed by atoms with van der Waals surface area (Å²) in [6.45, 7) is 4.69. The van der Waals surface area contributed by atoms with Gasteiger partial charge in [0.1, 0.15) is 11.4 Å². The highest BCUT2D eigenvalue weighted by atomic mass is 19.4. The Hall–Kier alpha value is -3.45. The standard InChI is InChI=1S/C30H41F3N8O2/c1-38-13-11-22(12-14-38)40(3)27(42)20-7-9-21(10-8-20)35-29-34-19-24(30(31,32)33)26(37-29)36-25-6-4-5-23(25)28(43)41-17-15-39(2)16-18-41/h7-10,19,22-23,25H,4-6,11-18H2,1-3H3,(H2,34,35,36,37)/t23-,25+/m0/s1. The lowest BCUT2D eigenvalue weighted by Crippen LogP contribution is -2.50. The number of carbonyl (C=O) groups excluding carboxylic acids is 2. The van der Waals surface area contributed by atoms with E-state index in [-0.39, 0.29) is 29.6 Å². The van der Waals surface area contributed by atoms with Crippen LogP contribution in [0, 0.1) is 5.92 Å². The van der Waals surface area contributed by atoms with E-state index in [0.29, 0.717) is 37.2 Å². The topological polar surface area (TPSA) is 96.9 Å². The molecule has 1 aromatic heterocycles. The molecule has 2 aromatic rings. The number of aromatic nitrogens is 2. The molecule has 2 atom stereocenters. The molecule has 2 aliphatic heterocycles. The molecule has 5 rings (SSSR count). The zero-order valence-electron chi connectivity index (χ0n) is 25.0. The molecule has 2 amide bonds. The predicted octanol–water partition coefficient (Wildman–Crippen LogP) is 3.76. The minimum Gasteiger partial charge on any atom is -0.366 e. The normalized spacial score (nSPS) is 22.4. The summed E-state index contributed by atoms with van der Waals surface area (Å²) in [5, 5.41) is 5.93. The van der Waals surface area contributed by atoms with Crippen LogP contribution in [0.5, 0.6) is 0 Å². The van der Waals surface area contributed by atoms with Crippen LogP contribution in [0.15, 0.2) is 30.5 Å². The van der Waals surface area contributed by atoms with Crippen LogP contribution in [-0.4, -0.2) is 114 Å². The van der Waals surface area contributed by atoms with Crippen molar-refractivity contribution in [2.45, 2.75) is 50.4 Å². The molecule has 1 saturated carbocycles. The number of halogens is 3. The molecule has 13 heteroatoms. The average Bonchev–Trinajstić information content (AvgIpc) is 3.45. The molecule has 2 saturated heterocycles. The molecule has 0 bridgehead atoms. The molecule has 3 heterocycles. The summed E-state index contributed by atoms with van der Waals surface area (Å²) < 4.78 is 41.8. The minimum atomic E-state index is -4.67. The zero-order chi connectivity index (χ0) is 30.7. The van der Waals surface area contributed by atoms with E-state index in [2.05, 4.69) is 37.4 Å². The summed E-state index contributed by atoms with van der Waals surface area (Å²) in [5.74, 6) is -0.859. The summed E-state index contributed by atoms with van der Waals surface area (Å²) in [6, 6.07) is 6.47. The summed E-state index contributed by atoms with van der Waals surface area (Å²) in [5.41, 5.74) is 0.0850. The zero-order valence-corrected chi connectivity index (χ0v) is 25.0. The van der Waals surface area contributed by atoms with Crippen molar-refractivity contribution in [1.29, 1.82) is 0 Å². The van der Waals surface area contributed by atoms with Crippen LogP contribution in [0.3, 0.4) is 0 Å². The van der Waals surface area contributed by atoms with Gasteiger partial charge in [0.05, 0.1) is 5.92 Å². The summed E-state index contributed by atoms with van der Waals surface area (Å²) in [7, 11) is 5.90. The van der Waals surface area contributed by atoms with E-state index in [0.717, 1.165) is 51.6 Å². The van der Waals surface area contributed by atoms with Crippen LogP contribution in [0.2, 0.25) is 0 Å². The Morgan fingerprint density at radius 3 is 2.23 bits per heavy atom. The van der Waals surface area contributed by atoms with Gasteiger partial charge in [0.15, 0.2) is 0 Å². The number of hydrogen-bond acceptors (Lipinski definition) is 8. The lowest BCUT2D eigenvalue weighted by atomic mass is 10.0. The molecule has 3 fully saturated rings. The molecule has 234 valence electrons. The fraction of sp³-hybridized carbons (Fsp3) is 0.600. The quantitative estimate of drug-likeness (QED) is 0.495. The van der Waals surface area contributed by atoms with E-state index in [1.165, 1.54) is 0 Å². The highest BCUT2D eigenvalue weighted by molar-refractivity contribution is 5.94. The van der Waals surface area contributed by atoms with Crippen LogP contribution in [0.1, 0.15) is 48.0 Å². The maximum absolute atomic E-state index is 13.9. The van der Waals surface area contributed by atoms with Gasteiger partial charge < -0.3 is 30.2 Å². The van der Waals surface area contributed by atoms with Gasteiger partial charge >= 0.3 is 6.18 Å². The molecule has 10 nitrogen and oxygen atoms in total. The molecular formula is C30H41F3N8O2. The van der Waals surface area contributed by atoms with Gasteiger partial charge in [-0.3, -0.25) is 9.59 Å². The number of amides is 2. The Kier molecular flexibility index (Phi) is 9.40. The van der Waals surface area contributed by atoms with Crippen LogP contribution < -0.4 is 10.6 Å². The average molecular weight is 603 g/mol. The second-order valence-corrected chi connectivity index (χ2v) is 12.0. The first-order chi connectivity index (χ1) is 20.5. The Balaban J connectivity index is 1.27. The largest absolute Gasteiger partial charge is 0.421 e. The van der Waals surface area contributed by atoms with Gasteiger partial charge in [0.25, 0.3) is 5.91 Å². The fourth-order valence-corrected chi connectivity index (χ4v) is 6.20. The molecule has 0 unspecified atom stereocenters. The third-order valence-electron chi connectivity index (χ3n) is 9.01. The summed E-state index contributed by atoms with van der Waals surface area (Å²) in [4.78, 5) is 42.5. The number of anilines is 3. The third-order valence-corrected chi connectivity index (χ3v) is 9.01. The van der Waals surface area contributed by atoms with Crippen molar-refractivity contribution >= 4 is 29.3 Å². The van der Waals surface area contributed by atoms with Crippen molar-refractivity contribution in [3.63, 3.8) is 0 Å². The second-order valence-electron chi connectivity index (χ2n) is 12.0. The van der Waals surface area contributed by atoms with Crippen molar-refractivity contribution in [3.8, 4) is 0 Å². The van der Waals surface area contributed by atoms with Crippen molar-refractivity contribution in [2.24, 2.45) is 5.92 Å². The molecule has 1 aliphatic carbocycles. The lowest BCUT2D eigenvalue weighted by molar-refractivity contribution is -0.137. The van der Waals surface area contributed by atoms with Crippen molar-refractivity contribution in [3.05, 3.63) is 41.6 Å². The fourth-order valence-electron chi connectivity index (χ4n) is 6.20. The smallest absolute Gasteiger partial charge is 0.366 e. The van der Waals surface area contributed by atoms with E-state index in [9.17, 15) is 22.8 Å². The van der Waals surface area contributed by atoms with E-state index >= 15 is 0 Å². The Labute approximate surface area is 250 Å². The van der Waals surface area contributed by atoms with E-state index in [1.807, 2.05) is 19.0 Å². The Morgan fingerprint density at radius 2 is 1.58 bits per heavy atom. The van der Waals surface area contributed by atoms with Crippen molar-refractivity contribution < 1.29 is 22.8 Å². The Bertz CT molecular complexity index is 1280. The summed E-state index contributed by atoms with van der Waals surface area (Å²) in [6.07, 6.45) is -0.112. The number of likely N-dealkylation sites (tertiary alicyclic amines) is 1. The van der Waals surface area contributed by atoms with Crippen molar-refractivity contribution in [2.75, 3.05) is 71.0 Å². The number of benzene rings is 1. The molecular weight excluding hydrogens is 561 g/mol. The van der Waals surface area contributed by atoms with E-state index in [1.54, 1.807) is 29.2 Å². The van der Waals surface area contributed by atoms with Gasteiger partial charge in [-0.2, -0.15) is 18.2 Å². The van der Waals surface area contributed by atoms with Crippen LogP contribution in [0.4, 0.5) is 30.6 Å². The number of carbonyl (C=O) groups is 2. The first kappa shape index (κ1) is 31.0. The number of piperazine rings is 1. The molecule has 2 N–H and O–H groups in total. The van der Waals surface area contributed by atoms with Gasteiger partial charge in [-0.05, 0) is 77.1 Å². The van der Waals surface area contributed by atoms with Gasteiger partial charge in [0, 0.05) is 62.8 Å². The van der Waals surface area contributed by atoms with Crippen LogP contribution in [0.25, 0.3) is 0 Å². The van der Waals surface area contributed by atoms with Gasteiger partial charge in [0.2, 0.25) is 11.9 Å². The first-order valence-corrected chi connectivity index (χ1v) is 15.0. The highest BCUT2D eigenvalue weighted by Gasteiger charge is 2.40. The molecule has 3 aliphatic rings. The first-order valence-electron chi connectivity index (χ1n) is 15.0. The van der Waals surface area contributed by atoms with E-state index < -0.39 is 23.7 Å². The maximum Gasteiger partial charge on any atom is 0.421 e. The van der Waals surface area contributed by atoms with Gasteiger partial charge in [-0.25, -0.2) is 4.98 Å². The molecule has 0 radical (unpaired) electrons. The number of likely N-dealkylation sites (N-methyl/N-ethyl adjacent to an activating group) is 1. The second kappa shape index (κ2) is 13.0. The van der Waals surface area contributed by atoms with Crippen molar-refractivity contribution in [1.82, 2.24) is 29.6 Å². The maximum atomic E-state index is 13.9.